The predicted octanol–water partition coefficient (Wildman–Crippen LogP) is 9.08. The van der Waals surface area contributed by atoms with Crippen molar-refractivity contribution in [3.8, 4) is 0 Å². The average Bonchev–Trinajstić information content (AvgIpc) is 3.37. The Bertz CT molecular complexity index is 673. The van der Waals surface area contributed by atoms with Crippen molar-refractivity contribution in [3.63, 3.8) is 0 Å². The van der Waals surface area contributed by atoms with E-state index >= 15 is 0 Å². The monoisotopic (exact) mass is 468 g/mol. The number of thiophene rings is 2. The molecule has 1 aliphatic rings. The van der Waals surface area contributed by atoms with E-state index in [0.29, 0.717) is 5.92 Å². The van der Waals surface area contributed by atoms with Crippen LogP contribution in [-0.2, 0) is 10.1 Å². The quantitative estimate of drug-likeness (QED) is 0.234. The van der Waals surface area contributed by atoms with Crippen LogP contribution >= 0.6 is 50.4 Å². The second kappa shape index (κ2) is 10.5. The standard InChI is InChI=1S/C22H29BrS3/c1-2-3-4-5-6-7-8-9-11-18-16-21(25-17-18)22(23)19(13-15-26-22)20-12-10-14-24-20/h10,12-17,19H,2-9,11H2,1H3/t19-,22+/m0/s1. The van der Waals surface area contributed by atoms with Crippen molar-refractivity contribution in [1.29, 1.82) is 0 Å². The Morgan fingerprint density at radius 3 is 2.54 bits per heavy atom. The molecule has 0 saturated heterocycles. The van der Waals surface area contributed by atoms with E-state index in [1.807, 2.05) is 34.4 Å². The second-order valence-corrected chi connectivity index (χ2v) is 11.9. The maximum atomic E-state index is 4.10. The molecule has 0 fully saturated rings. The van der Waals surface area contributed by atoms with Crippen LogP contribution in [0.4, 0.5) is 0 Å². The number of unbranched alkanes of at least 4 members (excludes halogenated alkanes) is 7. The highest BCUT2D eigenvalue weighted by molar-refractivity contribution is 9.11. The van der Waals surface area contributed by atoms with Crippen LogP contribution in [0.1, 0.15) is 79.5 Å². The van der Waals surface area contributed by atoms with E-state index in [9.17, 15) is 0 Å². The number of hydrogen-bond donors (Lipinski definition) is 0. The number of halogens is 1. The van der Waals surface area contributed by atoms with Gasteiger partial charge in [0.15, 0.2) is 0 Å². The van der Waals surface area contributed by atoms with E-state index in [1.165, 1.54) is 73.1 Å². The van der Waals surface area contributed by atoms with Gasteiger partial charge in [0, 0.05) is 15.7 Å². The molecule has 0 spiro atoms. The zero-order chi connectivity index (χ0) is 18.2. The molecule has 0 unspecified atom stereocenters. The number of rotatable bonds is 11. The second-order valence-electron chi connectivity index (χ2n) is 7.13. The Morgan fingerprint density at radius 2 is 1.81 bits per heavy atom. The van der Waals surface area contributed by atoms with Crippen LogP contribution < -0.4 is 0 Å². The highest BCUT2D eigenvalue weighted by Crippen LogP contribution is 2.60. The van der Waals surface area contributed by atoms with Gasteiger partial charge in [0.2, 0.25) is 0 Å². The molecule has 0 nitrogen and oxygen atoms in total. The minimum Gasteiger partial charge on any atom is -0.148 e. The zero-order valence-electron chi connectivity index (χ0n) is 15.6. The minimum absolute atomic E-state index is 0.0138. The Morgan fingerprint density at radius 1 is 1.04 bits per heavy atom. The lowest BCUT2D eigenvalue weighted by molar-refractivity contribution is 0.575. The molecule has 3 rings (SSSR count). The van der Waals surface area contributed by atoms with Gasteiger partial charge in [-0.2, -0.15) is 0 Å². The summed E-state index contributed by atoms with van der Waals surface area (Å²) in [6.07, 6.45) is 14.7. The van der Waals surface area contributed by atoms with Gasteiger partial charge < -0.3 is 0 Å². The number of aryl methyl sites for hydroxylation is 1. The lowest BCUT2D eigenvalue weighted by Gasteiger charge is -2.26. The van der Waals surface area contributed by atoms with Crippen LogP contribution in [0.3, 0.4) is 0 Å². The molecule has 2 atom stereocenters. The third-order valence-corrected chi connectivity index (χ3v) is 10.1. The molecule has 142 valence electrons. The molecule has 0 aromatic carbocycles. The van der Waals surface area contributed by atoms with Gasteiger partial charge in [-0.1, -0.05) is 79.9 Å². The topological polar surface area (TPSA) is 0 Å². The van der Waals surface area contributed by atoms with E-state index < -0.39 is 0 Å². The number of alkyl halides is 1. The predicted molar refractivity (Wildman–Crippen MR) is 125 cm³/mol. The molecule has 0 saturated carbocycles. The van der Waals surface area contributed by atoms with E-state index in [0.717, 1.165) is 0 Å². The van der Waals surface area contributed by atoms with Crippen molar-refractivity contribution in [2.75, 3.05) is 0 Å². The van der Waals surface area contributed by atoms with Crippen molar-refractivity contribution in [3.05, 3.63) is 55.8 Å². The minimum atomic E-state index is -0.0138. The summed E-state index contributed by atoms with van der Waals surface area (Å²) < 4.78 is -0.0138. The summed E-state index contributed by atoms with van der Waals surface area (Å²) in [5, 5.41) is 6.82. The maximum absolute atomic E-state index is 4.10. The first-order valence-corrected chi connectivity index (χ1v) is 13.3. The van der Waals surface area contributed by atoms with Gasteiger partial charge in [-0.15, -0.1) is 34.4 Å². The summed E-state index contributed by atoms with van der Waals surface area (Å²) >= 11 is 9.79. The lowest BCUT2D eigenvalue weighted by Crippen LogP contribution is -2.16. The SMILES string of the molecule is CCCCCCCCCCc1csc([C@]2(Br)SC=C[C@H]2c2cccs2)c1. The van der Waals surface area contributed by atoms with Crippen molar-refractivity contribution in [1.82, 2.24) is 0 Å². The number of hydrogen-bond acceptors (Lipinski definition) is 3. The van der Waals surface area contributed by atoms with Gasteiger partial charge in [0.1, 0.15) is 3.66 Å². The molecule has 0 bridgehead atoms. The fourth-order valence-corrected chi connectivity index (χ4v) is 7.96. The van der Waals surface area contributed by atoms with Gasteiger partial charge in [-0.05, 0) is 46.7 Å². The average molecular weight is 470 g/mol. The third-order valence-electron chi connectivity index (χ3n) is 5.07. The van der Waals surface area contributed by atoms with Crippen molar-refractivity contribution in [2.45, 2.75) is 74.3 Å². The highest BCUT2D eigenvalue weighted by Gasteiger charge is 2.42. The Labute approximate surface area is 179 Å². The van der Waals surface area contributed by atoms with Gasteiger partial charge in [0.05, 0.1) is 0 Å². The highest BCUT2D eigenvalue weighted by atomic mass is 79.9. The van der Waals surface area contributed by atoms with Gasteiger partial charge in [-0.3, -0.25) is 0 Å². The smallest absolute Gasteiger partial charge is 0.120 e. The van der Waals surface area contributed by atoms with Gasteiger partial charge in [0.25, 0.3) is 0 Å². The summed E-state index contributed by atoms with van der Waals surface area (Å²) in [4.78, 5) is 2.90. The summed E-state index contributed by atoms with van der Waals surface area (Å²) in [7, 11) is 0. The third kappa shape index (κ3) is 5.27. The molecular formula is C22H29BrS3. The van der Waals surface area contributed by atoms with E-state index in [2.05, 4.69) is 63.3 Å². The normalized spacial score (nSPS) is 22.3. The van der Waals surface area contributed by atoms with Crippen LogP contribution in [0.15, 0.2) is 40.4 Å². The number of thioether (sulfide) groups is 1. The molecule has 26 heavy (non-hydrogen) atoms. The first-order chi connectivity index (χ1) is 12.7. The molecule has 4 heteroatoms. The fourth-order valence-electron chi connectivity index (χ4n) is 3.52. The summed E-state index contributed by atoms with van der Waals surface area (Å²) in [5.74, 6) is 0.433. The molecule has 0 N–H and O–H groups in total. The fraction of sp³-hybridized carbons (Fsp3) is 0.545. The van der Waals surface area contributed by atoms with E-state index in [1.54, 1.807) is 0 Å². The van der Waals surface area contributed by atoms with Crippen LogP contribution in [0.5, 0.6) is 0 Å². The molecule has 3 heterocycles. The Kier molecular flexibility index (Phi) is 8.36. The summed E-state index contributed by atoms with van der Waals surface area (Å²) in [6, 6.07) is 6.87. The Balaban J connectivity index is 1.47. The largest absolute Gasteiger partial charge is 0.148 e. The van der Waals surface area contributed by atoms with Crippen LogP contribution in [-0.4, -0.2) is 0 Å². The zero-order valence-corrected chi connectivity index (χ0v) is 19.6. The van der Waals surface area contributed by atoms with Gasteiger partial charge >= 0.3 is 0 Å². The lowest BCUT2D eigenvalue weighted by atomic mass is 10.0. The Hall–Kier alpha value is -0.0300. The van der Waals surface area contributed by atoms with Crippen LogP contribution in [0.25, 0.3) is 0 Å². The molecule has 2 aromatic rings. The molecule has 2 aromatic heterocycles. The molecular weight excluding hydrogens is 440 g/mol. The molecule has 0 radical (unpaired) electrons. The van der Waals surface area contributed by atoms with Crippen molar-refractivity contribution >= 4 is 50.4 Å². The first kappa shape index (κ1) is 20.7. The molecule has 1 aliphatic heterocycles. The van der Waals surface area contributed by atoms with Crippen LogP contribution in [0, 0.1) is 0 Å². The van der Waals surface area contributed by atoms with Gasteiger partial charge in [-0.25, -0.2) is 0 Å². The maximum Gasteiger partial charge on any atom is 0.120 e. The molecule has 0 aliphatic carbocycles. The first-order valence-electron chi connectivity index (χ1n) is 9.88. The van der Waals surface area contributed by atoms with Crippen molar-refractivity contribution in [2.24, 2.45) is 0 Å². The summed E-state index contributed by atoms with van der Waals surface area (Å²) in [5.41, 5.74) is 1.52. The number of allylic oxidation sites excluding steroid dienone is 1. The van der Waals surface area contributed by atoms with Crippen molar-refractivity contribution < 1.29 is 0 Å². The van der Waals surface area contributed by atoms with Crippen LogP contribution in [0.2, 0.25) is 0 Å². The van der Waals surface area contributed by atoms with E-state index in [4.69, 9.17) is 0 Å². The van der Waals surface area contributed by atoms with E-state index in [-0.39, 0.29) is 3.66 Å². The summed E-state index contributed by atoms with van der Waals surface area (Å²) in [6.45, 7) is 2.29. The molecule has 0 amide bonds.